The number of hydrogen-bond donors (Lipinski definition) is 1. The van der Waals surface area contributed by atoms with Crippen LogP contribution in [-0.4, -0.2) is 44.3 Å². The second-order valence-electron chi connectivity index (χ2n) is 9.24. The Hall–Kier alpha value is -2.78. The zero-order chi connectivity index (χ0) is 29.4. The van der Waals surface area contributed by atoms with Crippen molar-refractivity contribution in [3.05, 3.63) is 92.9 Å². The van der Waals surface area contributed by atoms with Gasteiger partial charge in [0.1, 0.15) is 12.6 Å². The van der Waals surface area contributed by atoms with Crippen LogP contribution < -0.4 is 9.62 Å². The fraction of sp³-hybridized carbons (Fsp3) is 0.310. The molecule has 214 valence electrons. The van der Waals surface area contributed by atoms with E-state index in [1.807, 2.05) is 13.8 Å². The Labute approximate surface area is 251 Å². The molecule has 0 aliphatic heterocycles. The lowest BCUT2D eigenvalue weighted by molar-refractivity contribution is -0.140. The van der Waals surface area contributed by atoms with Crippen LogP contribution in [0.4, 0.5) is 5.69 Å². The van der Waals surface area contributed by atoms with E-state index >= 15 is 0 Å². The summed E-state index contributed by atoms with van der Waals surface area (Å²) in [5.74, 6) is -0.934. The van der Waals surface area contributed by atoms with Crippen LogP contribution in [0.5, 0.6) is 0 Å². The van der Waals surface area contributed by atoms with Gasteiger partial charge in [-0.3, -0.25) is 13.9 Å². The van der Waals surface area contributed by atoms with Crippen molar-refractivity contribution in [2.24, 2.45) is 0 Å². The molecule has 2 amide bonds. The van der Waals surface area contributed by atoms with Crippen molar-refractivity contribution in [1.29, 1.82) is 0 Å². The van der Waals surface area contributed by atoms with Crippen molar-refractivity contribution in [3.8, 4) is 0 Å². The highest BCUT2D eigenvalue weighted by molar-refractivity contribution is 7.92. The van der Waals surface area contributed by atoms with Crippen LogP contribution in [0.25, 0.3) is 0 Å². The van der Waals surface area contributed by atoms with Gasteiger partial charge >= 0.3 is 0 Å². The molecular weight excluding hydrogens is 593 g/mol. The van der Waals surface area contributed by atoms with Gasteiger partial charge in [0.05, 0.1) is 10.6 Å². The number of nitrogens with zero attached hydrogens (tertiary/aromatic N) is 2. The first-order valence-corrected chi connectivity index (χ1v) is 15.4. The van der Waals surface area contributed by atoms with E-state index < -0.39 is 28.5 Å². The molecule has 0 radical (unpaired) electrons. The lowest BCUT2D eigenvalue weighted by atomic mass is 10.1. The van der Waals surface area contributed by atoms with Crippen LogP contribution in [0.1, 0.15) is 37.8 Å². The molecule has 3 rings (SSSR count). The first-order valence-electron chi connectivity index (χ1n) is 12.8. The molecule has 0 aliphatic rings. The minimum atomic E-state index is -4.19. The second kappa shape index (κ2) is 14.2. The largest absolute Gasteiger partial charge is 0.354 e. The highest BCUT2D eigenvalue weighted by Gasteiger charge is 2.34. The van der Waals surface area contributed by atoms with Gasteiger partial charge in [-0.05, 0) is 68.3 Å². The number of nitrogens with one attached hydrogen (secondary N) is 1. The van der Waals surface area contributed by atoms with Gasteiger partial charge in [0.2, 0.25) is 11.8 Å². The Morgan fingerprint density at radius 2 is 1.50 bits per heavy atom. The van der Waals surface area contributed by atoms with Crippen molar-refractivity contribution in [2.45, 2.75) is 51.1 Å². The molecule has 1 atom stereocenters. The Bertz CT molecular complexity index is 1410. The van der Waals surface area contributed by atoms with E-state index in [-0.39, 0.29) is 23.8 Å². The van der Waals surface area contributed by atoms with Crippen LogP contribution in [0.15, 0.2) is 71.6 Å². The van der Waals surface area contributed by atoms with E-state index in [1.165, 1.54) is 29.2 Å². The lowest BCUT2D eigenvalue weighted by Crippen LogP contribution is -2.52. The number of carbonyl (C=O) groups excluding carboxylic acids is 2. The van der Waals surface area contributed by atoms with Gasteiger partial charge in [0, 0.05) is 33.7 Å². The van der Waals surface area contributed by atoms with Gasteiger partial charge in [-0.25, -0.2) is 8.42 Å². The molecule has 0 heterocycles. The van der Waals surface area contributed by atoms with Gasteiger partial charge in [0.15, 0.2) is 0 Å². The molecule has 0 bridgehead atoms. The highest BCUT2D eigenvalue weighted by atomic mass is 35.5. The van der Waals surface area contributed by atoms with E-state index in [0.717, 1.165) is 9.87 Å². The number of carbonyl (C=O) groups is 2. The normalized spacial score (nSPS) is 12.1. The maximum absolute atomic E-state index is 14.1. The summed E-state index contributed by atoms with van der Waals surface area (Å²) in [6.07, 6.45) is 1.00. The number of rotatable bonds is 12. The van der Waals surface area contributed by atoms with Gasteiger partial charge in [0.25, 0.3) is 10.0 Å². The van der Waals surface area contributed by atoms with Gasteiger partial charge in [-0.2, -0.15) is 0 Å². The standard InChI is InChI=1S/C29H32Cl3N3O4S/c1-4-17-33-29(37)27(5-2)34(18-24-25(31)7-6-8-26(24)32)28(36)19-35(22-13-9-20(3)10-14-22)40(38,39)23-15-11-21(30)12-16-23/h6-16,27H,4-5,17-19H2,1-3H3,(H,33,37)/t27-/m0/s1. The van der Waals surface area contributed by atoms with Crippen molar-refractivity contribution < 1.29 is 18.0 Å². The zero-order valence-corrected chi connectivity index (χ0v) is 25.6. The smallest absolute Gasteiger partial charge is 0.264 e. The van der Waals surface area contributed by atoms with Gasteiger partial charge in [-0.1, -0.05) is 72.4 Å². The van der Waals surface area contributed by atoms with Crippen molar-refractivity contribution in [3.63, 3.8) is 0 Å². The first-order chi connectivity index (χ1) is 19.0. The third kappa shape index (κ3) is 7.69. The van der Waals surface area contributed by atoms with Crippen LogP contribution in [0.3, 0.4) is 0 Å². The summed E-state index contributed by atoms with van der Waals surface area (Å²) >= 11 is 18.9. The molecule has 0 saturated carbocycles. The maximum Gasteiger partial charge on any atom is 0.264 e. The van der Waals surface area contributed by atoms with Crippen LogP contribution in [0.2, 0.25) is 15.1 Å². The highest BCUT2D eigenvalue weighted by Crippen LogP contribution is 2.29. The fourth-order valence-corrected chi connectivity index (χ4v) is 6.17. The minimum absolute atomic E-state index is 0.0290. The molecule has 0 unspecified atom stereocenters. The van der Waals surface area contributed by atoms with Crippen molar-refractivity contribution >= 4 is 62.3 Å². The fourth-order valence-electron chi connectivity index (χ4n) is 4.11. The molecule has 40 heavy (non-hydrogen) atoms. The molecule has 0 aliphatic carbocycles. The Morgan fingerprint density at radius 3 is 2.05 bits per heavy atom. The number of amides is 2. The van der Waals surface area contributed by atoms with Crippen molar-refractivity contribution in [2.75, 3.05) is 17.4 Å². The van der Waals surface area contributed by atoms with E-state index in [9.17, 15) is 18.0 Å². The molecule has 0 fully saturated rings. The van der Waals surface area contributed by atoms with Crippen molar-refractivity contribution in [1.82, 2.24) is 10.2 Å². The molecule has 7 nitrogen and oxygen atoms in total. The number of sulfonamides is 1. The van der Waals surface area contributed by atoms with E-state index in [4.69, 9.17) is 34.8 Å². The quantitative estimate of drug-likeness (QED) is 0.250. The Balaban J connectivity index is 2.08. The third-order valence-electron chi connectivity index (χ3n) is 6.33. The number of aryl methyl sites for hydroxylation is 1. The van der Waals surface area contributed by atoms with E-state index in [1.54, 1.807) is 49.4 Å². The minimum Gasteiger partial charge on any atom is -0.354 e. The average molecular weight is 625 g/mol. The molecule has 1 N–H and O–H groups in total. The monoisotopic (exact) mass is 623 g/mol. The summed E-state index contributed by atoms with van der Waals surface area (Å²) in [6, 6.07) is 16.6. The molecule has 3 aromatic carbocycles. The zero-order valence-electron chi connectivity index (χ0n) is 22.5. The predicted molar refractivity (Wildman–Crippen MR) is 162 cm³/mol. The van der Waals surface area contributed by atoms with E-state index in [0.29, 0.717) is 39.3 Å². The first kappa shape index (κ1) is 31.7. The number of benzene rings is 3. The Kier molecular flexibility index (Phi) is 11.3. The number of halogens is 3. The summed E-state index contributed by atoms with van der Waals surface area (Å²) in [5, 5.41) is 3.88. The summed E-state index contributed by atoms with van der Waals surface area (Å²) in [7, 11) is -4.19. The number of anilines is 1. The second-order valence-corrected chi connectivity index (χ2v) is 12.4. The molecule has 3 aromatic rings. The van der Waals surface area contributed by atoms with Gasteiger partial charge in [-0.15, -0.1) is 0 Å². The lowest BCUT2D eigenvalue weighted by Gasteiger charge is -2.33. The number of hydrogen-bond acceptors (Lipinski definition) is 4. The molecule has 0 saturated heterocycles. The van der Waals surface area contributed by atoms with Crippen LogP contribution in [-0.2, 0) is 26.2 Å². The Morgan fingerprint density at radius 1 is 0.900 bits per heavy atom. The maximum atomic E-state index is 14.1. The molecule has 0 aromatic heterocycles. The van der Waals surface area contributed by atoms with E-state index in [2.05, 4.69) is 5.32 Å². The summed E-state index contributed by atoms with van der Waals surface area (Å²) in [5.41, 5.74) is 1.68. The molecule has 0 spiro atoms. The summed E-state index contributed by atoms with van der Waals surface area (Å²) in [4.78, 5) is 28.5. The topological polar surface area (TPSA) is 86.8 Å². The average Bonchev–Trinajstić information content (AvgIpc) is 2.92. The summed E-state index contributed by atoms with van der Waals surface area (Å²) < 4.78 is 28.8. The van der Waals surface area contributed by atoms with Gasteiger partial charge < -0.3 is 10.2 Å². The SMILES string of the molecule is CCCNC(=O)[C@H](CC)N(Cc1c(Cl)cccc1Cl)C(=O)CN(c1ccc(C)cc1)S(=O)(=O)c1ccc(Cl)cc1. The van der Waals surface area contributed by atoms with Crippen LogP contribution in [0, 0.1) is 6.92 Å². The summed E-state index contributed by atoms with van der Waals surface area (Å²) in [6.45, 7) is 5.38. The predicted octanol–water partition coefficient (Wildman–Crippen LogP) is 6.48. The third-order valence-corrected chi connectivity index (χ3v) is 9.08. The molecule has 11 heteroatoms. The van der Waals surface area contributed by atoms with Crippen LogP contribution >= 0.6 is 34.8 Å². The molecular formula is C29H32Cl3N3O4S.